The van der Waals surface area contributed by atoms with Crippen molar-refractivity contribution in [3.05, 3.63) is 57.8 Å². The Labute approximate surface area is 182 Å². The van der Waals surface area contributed by atoms with E-state index in [1.165, 1.54) is 24.4 Å². The first kappa shape index (κ1) is 23.3. The molecular formula is C21H23BrFN3O4. The number of halogens is 2. The summed E-state index contributed by atoms with van der Waals surface area (Å²) >= 11 is 3.44. The quantitative estimate of drug-likeness (QED) is 0.402. The summed E-state index contributed by atoms with van der Waals surface area (Å²) in [4.78, 5) is 23.8. The van der Waals surface area contributed by atoms with Crippen molar-refractivity contribution in [2.24, 2.45) is 5.10 Å². The van der Waals surface area contributed by atoms with Crippen molar-refractivity contribution in [1.29, 1.82) is 0 Å². The Kier molecular flexibility index (Phi) is 9.27. The van der Waals surface area contributed by atoms with Crippen LogP contribution in [0.15, 0.2) is 46.0 Å². The van der Waals surface area contributed by atoms with Crippen LogP contribution in [0.1, 0.15) is 36.2 Å². The number of benzene rings is 2. The zero-order valence-corrected chi connectivity index (χ0v) is 18.3. The Morgan fingerprint density at radius 1 is 1.17 bits per heavy atom. The largest absolute Gasteiger partial charge is 0.490 e. The lowest BCUT2D eigenvalue weighted by Gasteiger charge is -2.13. The summed E-state index contributed by atoms with van der Waals surface area (Å²) in [6.07, 6.45) is 1.47. The van der Waals surface area contributed by atoms with Crippen LogP contribution < -0.4 is 20.2 Å². The number of amides is 2. The number of carbonyl (C=O) groups is 2. The predicted octanol–water partition coefficient (Wildman–Crippen LogP) is 3.66. The van der Waals surface area contributed by atoms with Gasteiger partial charge >= 0.3 is 0 Å². The van der Waals surface area contributed by atoms with Crippen LogP contribution in [0.2, 0.25) is 0 Å². The van der Waals surface area contributed by atoms with Crippen molar-refractivity contribution >= 4 is 34.0 Å². The Morgan fingerprint density at radius 3 is 2.60 bits per heavy atom. The maximum atomic E-state index is 13.5. The standard InChI is InChI=1S/C21H23BrFN3O4/c1-3-29-18-12-14(11-16(22)20(18)30-4-2)13-25-26-19(27)9-10-24-21(28)15-7-5-6-8-17(15)23/h5-8,11-13H,3-4,9-10H2,1-2H3,(H,24,28)(H,26,27). The van der Waals surface area contributed by atoms with Gasteiger partial charge in [-0.15, -0.1) is 0 Å². The van der Waals surface area contributed by atoms with Crippen molar-refractivity contribution in [2.45, 2.75) is 20.3 Å². The molecule has 0 aromatic heterocycles. The van der Waals surface area contributed by atoms with Gasteiger partial charge in [0.1, 0.15) is 5.82 Å². The van der Waals surface area contributed by atoms with E-state index in [9.17, 15) is 14.0 Å². The molecule has 0 fully saturated rings. The number of carbonyl (C=O) groups excluding carboxylic acids is 2. The van der Waals surface area contributed by atoms with Gasteiger partial charge in [-0.1, -0.05) is 12.1 Å². The Hall–Kier alpha value is -2.94. The second-order valence-corrected chi connectivity index (χ2v) is 6.83. The van der Waals surface area contributed by atoms with Gasteiger partial charge in [-0.05, 0) is 59.6 Å². The van der Waals surface area contributed by atoms with Gasteiger partial charge in [0.25, 0.3) is 5.91 Å². The molecule has 0 spiro atoms. The lowest BCUT2D eigenvalue weighted by Crippen LogP contribution is -2.29. The van der Waals surface area contributed by atoms with Crippen LogP contribution in [0.3, 0.4) is 0 Å². The first-order valence-electron chi connectivity index (χ1n) is 9.40. The molecule has 2 amide bonds. The molecule has 0 unspecified atom stereocenters. The second kappa shape index (κ2) is 11.9. The highest BCUT2D eigenvalue weighted by atomic mass is 79.9. The first-order chi connectivity index (χ1) is 14.5. The molecule has 0 aliphatic carbocycles. The molecule has 0 radical (unpaired) electrons. The molecule has 0 saturated carbocycles. The topological polar surface area (TPSA) is 89.0 Å². The molecule has 0 aliphatic rings. The molecule has 0 atom stereocenters. The molecule has 0 bridgehead atoms. The smallest absolute Gasteiger partial charge is 0.254 e. The summed E-state index contributed by atoms with van der Waals surface area (Å²) in [5.41, 5.74) is 3.01. The third-order valence-electron chi connectivity index (χ3n) is 3.78. The van der Waals surface area contributed by atoms with E-state index in [2.05, 4.69) is 31.8 Å². The van der Waals surface area contributed by atoms with Crippen LogP contribution >= 0.6 is 15.9 Å². The summed E-state index contributed by atoms with van der Waals surface area (Å²) in [5, 5.41) is 6.41. The van der Waals surface area contributed by atoms with Gasteiger partial charge in [0, 0.05) is 13.0 Å². The molecule has 0 heterocycles. The van der Waals surface area contributed by atoms with Crippen LogP contribution in [-0.2, 0) is 4.79 Å². The third kappa shape index (κ3) is 6.84. The number of hydrogen-bond acceptors (Lipinski definition) is 5. The van der Waals surface area contributed by atoms with Gasteiger partial charge in [0.05, 0.1) is 29.5 Å². The van der Waals surface area contributed by atoms with Crippen LogP contribution in [0.25, 0.3) is 0 Å². The summed E-state index contributed by atoms with van der Waals surface area (Å²) in [5.74, 6) is -0.414. The summed E-state index contributed by atoms with van der Waals surface area (Å²) in [6.45, 7) is 4.77. The molecule has 9 heteroatoms. The first-order valence-corrected chi connectivity index (χ1v) is 10.2. The molecule has 2 N–H and O–H groups in total. The third-order valence-corrected chi connectivity index (χ3v) is 4.37. The van der Waals surface area contributed by atoms with E-state index >= 15 is 0 Å². The number of ether oxygens (including phenoxy) is 2. The van der Waals surface area contributed by atoms with Gasteiger partial charge in [0.2, 0.25) is 5.91 Å². The minimum Gasteiger partial charge on any atom is -0.490 e. The van der Waals surface area contributed by atoms with Gasteiger partial charge in [-0.3, -0.25) is 9.59 Å². The summed E-state index contributed by atoms with van der Waals surface area (Å²) in [7, 11) is 0. The van der Waals surface area contributed by atoms with Gasteiger partial charge in [-0.2, -0.15) is 5.10 Å². The summed E-state index contributed by atoms with van der Waals surface area (Å²) in [6, 6.07) is 9.18. The average molecular weight is 480 g/mol. The SMILES string of the molecule is CCOc1cc(C=NNC(=O)CCNC(=O)c2ccccc2F)cc(Br)c1OCC. The average Bonchev–Trinajstić information content (AvgIpc) is 2.71. The lowest BCUT2D eigenvalue weighted by atomic mass is 10.2. The van der Waals surface area contributed by atoms with E-state index in [0.717, 1.165) is 0 Å². The molecular weight excluding hydrogens is 457 g/mol. The second-order valence-electron chi connectivity index (χ2n) is 5.97. The van der Waals surface area contributed by atoms with Crippen molar-refractivity contribution in [3.8, 4) is 11.5 Å². The number of nitrogens with zero attached hydrogens (tertiary/aromatic N) is 1. The van der Waals surface area contributed by atoms with E-state index in [4.69, 9.17) is 9.47 Å². The van der Waals surface area contributed by atoms with Gasteiger partial charge in [-0.25, -0.2) is 9.82 Å². The maximum Gasteiger partial charge on any atom is 0.254 e. The molecule has 7 nitrogen and oxygen atoms in total. The van der Waals surface area contributed by atoms with E-state index < -0.39 is 17.6 Å². The molecule has 0 aliphatic heterocycles. The predicted molar refractivity (Wildman–Crippen MR) is 116 cm³/mol. The normalized spacial score (nSPS) is 10.7. The van der Waals surface area contributed by atoms with Crippen LogP contribution in [-0.4, -0.2) is 37.8 Å². The zero-order chi connectivity index (χ0) is 21.9. The number of nitrogens with one attached hydrogen (secondary N) is 2. The van der Waals surface area contributed by atoms with Crippen molar-refractivity contribution < 1.29 is 23.5 Å². The number of hydrazone groups is 1. The molecule has 2 aromatic rings. The monoisotopic (exact) mass is 479 g/mol. The molecule has 30 heavy (non-hydrogen) atoms. The van der Waals surface area contributed by atoms with Crippen LogP contribution in [0, 0.1) is 5.82 Å². The van der Waals surface area contributed by atoms with Gasteiger partial charge in [0.15, 0.2) is 11.5 Å². The zero-order valence-electron chi connectivity index (χ0n) is 16.7. The lowest BCUT2D eigenvalue weighted by molar-refractivity contribution is -0.120. The fourth-order valence-electron chi connectivity index (χ4n) is 2.47. The van der Waals surface area contributed by atoms with E-state index in [0.29, 0.717) is 34.7 Å². The van der Waals surface area contributed by atoms with E-state index in [-0.39, 0.29) is 18.5 Å². The fourth-order valence-corrected chi connectivity index (χ4v) is 3.05. The highest BCUT2D eigenvalue weighted by Crippen LogP contribution is 2.36. The number of hydrogen-bond donors (Lipinski definition) is 2. The fraction of sp³-hybridized carbons (Fsp3) is 0.286. The minimum absolute atomic E-state index is 0.00526. The van der Waals surface area contributed by atoms with Crippen LogP contribution in [0.4, 0.5) is 4.39 Å². The number of rotatable bonds is 10. The van der Waals surface area contributed by atoms with Crippen LogP contribution in [0.5, 0.6) is 11.5 Å². The molecule has 0 saturated heterocycles. The molecule has 2 aromatic carbocycles. The summed E-state index contributed by atoms with van der Waals surface area (Å²) < 4.78 is 25.4. The maximum absolute atomic E-state index is 13.5. The van der Waals surface area contributed by atoms with Gasteiger partial charge < -0.3 is 14.8 Å². The van der Waals surface area contributed by atoms with Crippen molar-refractivity contribution in [2.75, 3.05) is 19.8 Å². The van der Waals surface area contributed by atoms with E-state index in [1.807, 2.05) is 13.8 Å². The Balaban J connectivity index is 1.87. The Morgan fingerprint density at radius 2 is 1.90 bits per heavy atom. The van der Waals surface area contributed by atoms with Crippen molar-refractivity contribution in [1.82, 2.24) is 10.7 Å². The molecule has 160 valence electrons. The Bertz CT molecular complexity index is 921. The molecule has 2 rings (SSSR count). The van der Waals surface area contributed by atoms with Crippen molar-refractivity contribution in [3.63, 3.8) is 0 Å². The minimum atomic E-state index is -0.614. The highest BCUT2D eigenvalue weighted by Gasteiger charge is 2.12. The highest BCUT2D eigenvalue weighted by molar-refractivity contribution is 9.10. The van der Waals surface area contributed by atoms with E-state index in [1.54, 1.807) is 18.2 Å².